The molecule has 0 saturated carbocycles. The van der Waals surface area contributed by atoms with Gasteiger partial charge in [0.2, 0.25) is 6.33 Å². The highest BCUT2D eigenvalue weighted by molar-refractivity contribution is 5.46. The number of hydrogen-bond acceptors (Lipinski definition) is 2. The van der Waals surface area contributed by atoms with Crippen molar-refractivity contribution in [2.45, 2.75) is 0 Å². The molecule has 0 aliphatic carbocycles. The minimum absolute atomic E-state index is 1.28. The number of aromatic nitrogens is 2. The summed E-state index contributed by atoms with van der Waals surface area (Å²) in [6.45, 7) is 0. The fourth-order valence-electron chi connectivity index (χ4n) is 0.387. The van der Waals surface area contributed by atoms with E-state index in [0.29, 0.717) is 0 Å². The van der Waals surface area contributed by atoms with Gasteiger partial charge in [0.05, 0.1) is 13.2 Å². The summed E-state index contributed by atoms with van der Waals surface area (Å²) in [5.41, 5.74) is 0. The fraction of sp³-hybridized carbons (Fsp3) is 0.167. The van der Waals surface area contributed by atoms with Gasteiger partial charge in [0, 0.05) is 0 Å². The molecule has 0 radical (unpaired) electrons. The largest absolute Gasteiger partial charge is 0.422 e. The average molecular weight is 149 g/mol. The smallest absolute Gasteiger partial charge is 0.241 e. The second-order valence-electron chi connectivity index (χ2n) is 1.59. The van der Waals surface area contributed by atoms with Crippen LogP contribution in [-0.4, -0.2) is 11.0 Å². The van der Waals surface area contributed by atoms with Gasteiger partial charge in [-0.1, -0.05) is 0 Å². The Morgan fingerprint density at radius 1 is 1.73 bits per heavy atom. The third kappa shape index (κ3) is 5.96. The zero-order chi connectivity index (χ0) is 8.53. The van der Waals surface area contributed by atoms with Gasteiger partial charge >= 0.3 is 0 Å². The lowest BCUT2D eigenvalue weighted by molar-refractivity contribution is -0.670. The molecule has 0 aliphatic heterocycles. The highest BCUT2D eigenvalue weighted by atomic mass is 15.0. The fourth-order valence-corrected chi connectivity index (χ4v) is 0.387. The van der Waals surface area contributed by atoms with Crippen LogP contribution in [0.3, 0.4) is 0 Å². The van der Waals surface area contributed by atoms with Gasteiger partial charge < -0.3 is 10.4 Å². The van der Waals surface area contributed by atoms with Crippen LogP contribution in [0.2, 0.25) is 0 Å². The van der Waals surface area contributed by atoms with Crippen molar-refractivity contribution in [3.63, 3.8) is 0 Å². The van der Waals surface area contributed by atoms with E-state index in [9.17, 15) is 0 Å². The molecule has 5 nitrogen and oxygen atoms in total. The number of rotatable bonds is 0. The van der Waals surface area contributed by atoms with Gasteiger partial charge in [-0.05, 0) is 0 Å². The summed E-state index contributed by atoms with van der Waals surface area (Å²) in [6, 6.07) is 1.28. The maximum Gasteiger partial charge on any atom is 0.241 e. The first kappa shape index (κ1) is 9.08. The standard InChI is InChI=1S/C4H6N2.C2N3/c1-6-3-2-5-4-6;3-1-5-2-4/h2-4H,1H3;/q;-1/p+1. The first-order valence-electron chi connectivity index (χ1n) is 2.77. The molecule has 11 heavy (non-hydrogen) atoms. The Labute approximate surface area is 64.1 Å². The molecule has 5 heteroatoms. The van der Waals surface area contributed by atoms with Crippen molar-refractivity contribution in [1.29, 1.82) is 5.26 Å². The van der Waals surface area contributed by atoms with E-state index in [2.05, 4.69) is 9.98 Å². The van der Waals surface area contributed by atoms with Gasteiger partial charge in [-0.2, -0.15) is 5.26 Å². The lowest BCUT2D eigenvalue weighted by atomic mass is 10.9. The van der Waals surface area contributed by atoms with E-state index in [1.807, 2.05) is 30.3 Å². The van der Waals surface area contributed by atoms with Crippen LogP contribution in [-0.2, 0) is 7.05 Å². The minimum Gasteiger partial charge on any atom is -0.422 e. The number of aryl methyl sites for hydroxylation is 1. The molecule has 0 unspecified atom stereocenters. The molecule has 0 bridgehead atoms. The van der Waals surface area contributed by atoms with Crippen LogP contribution in [0.15, 0.2) is 23.7 Å². The maximum absolute atomic E-state index is 7.43. The summed E-state index contributed by atoms with van der Waals surface area (Å²) in [5, 5.41) is 14.9. The van der Waals surface area contributed by atoms with Gasteiger partial charge in [0.25, 0.3) is 0 Å². The van der Waals surface area contributed by atoms with Gasteiger partial charge in [0.15, 0.2) is 0 Å². The third-order valence-corrected chi connectivity index (χ3v) is 0.784. The molecule has 1 heterocycles. The van der Waals surface area contributed by atoms with Crippen molar-refractivity contribution >= 4 is 6.01 Å². The molecule has 0 fully saturated rings. The second kappa shape index (κ2) is 6.20. The SMILES string of the molecule is C[n+]1cc[nH]c1.N#CN=C=[N-]. The van der Waals surface area contributed by atoms with E-state index in [1.165, 1.54) is 12.2 Å². The topological polar surface area (TPSA) is 78.1 Å². The van der Waals surface area contributed by atoms with Crippen molar-refractivity contribution in [2.24, 2.45) is 12.0 Å². The summed E-state index contributed by atoms with van der Waals surface area (Å²) in [6.07, 6.45) is 6.98. The van der Waals surface area contributed by atoms with Crippen LogP contribution in [0, 0.1) is 11.5 Å². The predicted octanol–water partition coefficient (Wildman–Crippen LogP) is 0.0500. The lowest BCUT2D eigenvalue weighted by Crippen LogP contribution is -2.22. The number of H-pyrrole nitrogens is 1. The van der Waals surface area contributed by atoms with Gasteiger partial charge in [-0.15, -0.1) is 6.01 Å². The van der Waals surface area contributed by atoms with E-state index >= 15 is 0 Å². The molecule has 0 saturated heterocycles. The summed E-state index contributed by atoms with van der Waals surface area (Å²) in [4.78, 5) is 5.48. The molecule has 0 spiro atoms. The van der Waals surface area contributed by atoms with Gasteiger partial charge in [0.1, 0.15) is 12.4 Å². The Morgan fingerprint density at radius 2 is 2.45 bits per heavy atom. The molecule has 1 N–H and O–H groups in total. The van der Waals surface area contributed by atoms with E-state index in [-0.39, 0.29) is 0 Å². The number of nitrogens with zero attached hydrogens (tertiary/aromatic N) is 4. The Kier molecular flexibility index (Phi) is 5.12. The number of imidazole rings is 1. The van der Waals surface area contributed by atoms with Crippen molar-refractivity contribution in [2.75, 3.05) is 0 Å². The summed E-state index contributed by atoms with van der Waals surface area (Å²) < 4.78 is 1.94. The van der Waals surface area contributed by atoms with Crippen LogP contribution < -0.4 is 4.57 Å². The summed E-state index contributed by atoms with van der Waals surface area (Å²) in [5.74, 6) is 0. The minimum atomic E-state index is 1.28. The van der Waals surface area contributed by atoms with Crippen LogP contribution in [0.5, 0.6) is 0 Å². The van der Waals surface area contributed by atoms with Crippen LogP contribution in [0.4, 0.5) is 0 Å². The number of hydrogen-bond donors (Lipinski definition) is 1. The van der Waals surface area contributed by atoms with Crippen molar-refractivity contribution in [1.82, 2.24) is 4.98 Å². The molecule has 1 aromatic heterocycles. The first-order chi connectivity index (χ1) is 5.31. The van der Waals surface area contributed by atoms with E-state index in [4.69, 9.17) is 10.7 Å². The van der Waals surface area contributed by atoms with Gasteiger partial charge in [-0.25, -0.2) is 4.57 Å². The zero-order valence-corrected chi connectivity index (χ0v) is 6.02. The second-order valence-corrected chi connectivity index (χ2v) is 1.59. The monoisotopic (exact) mass is 149 g/mol. The van der Waals surface area contributed by atoms with Gasteiger partial charge in [-0.3, -0.25) is 4.98 Å². The quantitative estimate of drug-likeness (QED) is 0.316. The van der Waals surface area contributed by atoms with Crippen LogP contribution in [0.1, 0.15) is 0 Å². The van der Waals surface area contributed by atoms with Crippen molar-refractivity contribution < 1.29 is 4.57 Å². The normalized spacial score (nSPS) is 6.55. The van der Waals surface area contributed by atoms with E-state index in [1.54, 1.807) is 0 Å². The molecule has 0 aromatic carbocycles. The van der Waals surface area contributed by atoms with Crippen molar-refractivity contribution in [3.05, 3.63) is 24.1 Å². The highest BCUT2D eigenvalue weighted by Gasteiger charge is 1.78. The molecule has 1 aromatic rings. The lowest BCUT2D eigenvalue weighted by Gasteiger charge is -1.66. The van der Waals surface area contributed by atoms with E-state index in [0.717, 1.165) is 0 Å². The predicted molar refractivity (Wildman–Crippen MR) is 38.4 cm³/mol. The van der Waals surface area contributed by atoms with Crippen LogP contribution >= 0.6 is 0 Å². The zero-order valence-electron chi connectivity index (χ0n) is 6.02. The highest BCUT2D eigenvalue weighted by Crippen LogP contribution is 1.59. The Morgan fingerprint density at radius 3 is 2.55 bits per heavy atom. The Bertz CT molecular complexity index is 262. The molecule has 1 rings (SSSR count). The third-order valence-electron chi connectivity index (χ3n) is 0.784. The molecular formula is C6H7N5. The van der Waals surface area contributed by atoms with E-state index < -0.39 is 0 Å². The average Bonchev–Trinajstić information content (AvgIpc) is 2.43. The molecule has 0 amide bonds. The number of nitriles is 1. The molecule has 0 aliphatic rings. The molecule has 0 atom stereocenters. The summed E-state index contributed by atoms with van der Waals surface area (Å²) in [7, 11) is 1.97. The Hall–Kier alpha value is -1.92. The van der Waals surface area contributed by atoms with Crippen molar-refractivity contribution in [3.8, 4) is 6.19 Å². The molecular weight excluding hydrogens is 142 g/mol. The number of aliphatic imine (C=N–C) groups is 1. The molecule has 56 valence electrons. The Balaban J connectivity index is 0.000000187. The first-order valence-corrected chi connectivity index (χ1v) is 2.77. The van der Waals surface area contributed by atoms with Crippen LogP contribution in [0.25, 0.3) is 5.41 Å². The maximum atomic E-state index is 7.43. The number of aromatic amines is 1. The summed E-state index contributed by atoms with van der Waals surface area (Å²) >= 11 is 0. The number of nitrogens with one attached hydrogen (secondary N) is 1.